The van der Waals surface area contributed by atoms with Gasteiger partial charge in [-0.2, -0.15) is 0 Å². The zero-order valence-electron chi connectivity index (χ0n) is 11.7. The summed E-state index contributed by atoms with van der Waals surface area (Å²) >= 11 is 0. The molecule has 0 amide bonds. The lowest BCUT2D eigenvalue weighted by Crippen LogP contribution is -2.10. The first-order valence-corrected chi connectivity index (χ1v) is 6.18. The summed E-state index contributed by atoms with van der Waals surface area (Å²) < 4.78 is 4.66. The van der Waals surface area contributed by atoms with Gasteiger partial charge in [-0.15, -0.1) is 0 Å². The van der Waals surface area contributed by atoms with E-state index in [4.69, 9.17) is 0 Å². The molecule has 0 saturated carbocycles. The molecule has 0 aliphatic rings. The molecule has 0 saturated heterocycles. The van der Waals surface area contributed by atoms with Crippen LogP contribution in [0.4, 0.5) is 0 Å². The molecule has 0 aliphatic carbocycles. The topological polar surface area (TPSA) is 46.5 Å². The van der Waals surface area contributed by atoms with Gasteiger partial charge < -0.3 is 9.84 Å². The number of aromatic hydroxyl groups is 1. The van der Waals surface area contributed by atoms with E-state index in [1.807, 2.05) is 18.2 Å². The van der Waals surface area contributed by atoms with E-state index < -0.39 is 5.97 Å². The highest BCUT2D eigenvalue weighted by Gasteiger charge is 2.16. The number of rotatable bonds is 1. The number of hydrogen-bond donors (Lipinski definition) is 1. The molecule has 0 aromatic heterocycles. The molecule has 0 unspecified atom stereocenters. The summed E-state index contributed by atoms with van der Waals surface area (Å²) in [5.41, 5.74) is 1.42. The van der Waals surface area contributed by atoms with E-state index in [1.165, 1.54) is 12.7 Å². The minimum Gasteiger partial charge on any atom is -0.507 e. The predicted molar refractivity (Wildman–Crippen MR) is 75.7 cm³/mol. The predicted octanol–water partition coefficient (Wildman–Crippen LogP) is 3.63. The number of fused-ring (bicyclic) bond motifs is 1. The number of ether oxygens (including phenoxy) is 1. The van der Waals surface area contributed by atoms with Crippen molar-refractivity contribution >= 4 is 16.7 Å². The monoisotopic (exact) mass is 258 g/mol. The van der Waals surface area contributed by atoms with E-state index in [9.17, 15) is 9.90 Å². The van der Waals surface area contributed by atoms with Gasteiger partial charge in [-0.05, 0) is 33.9 Å². The van der Waals surface area contributed by atoms with Gasteiger partial charge in [0.25, 0.3) is 0 Å². The molecule has 0 fully saturated rings. The Balaban J connectivity index is 2.65. The van der Waals surface area contributed by atoms with Gasteiger partial charge in [0.1, 0.15) is 11.3 Å². The molecule has 3 nitrogen and oxygen atoms in total. The fourth-order valence-electron chi connectivity index (χ4n) is 2.03. The van der Waals surface area contributed by atoms with Crippen LogP contribution in [-0.2, 0) is 10.2 Å². The number of carbonyl (C=O) groups is 1. The number of methoxy groups -OCH3 is 1. The van der Waals surface area contributed by atoms with E-state index in [-0.39, 0.29) is 16.7 Å². The number of esters is 1. The van der Waals surface area contributed by atoms with E-state index >= 15 is 0 Å². The van der Waals surface area contributed by atoms with Crippen LogP contribution < -0.4 is 0 Å². The Morgan fingerprint density at radius 2 is 1.79 bits per heavy atom. The lowest BCUT2D eigenvalue weighted by atomic mass is 9.85. The lowest BCUT2D eigenvalue weighted by Gasteiger charge is -2.19. The number of carbonyl (C=O) groups excluding carboxylic acids is 1. The van der Waals surface area contributed by atoms with Gasteiger partial charge in [-0.3, -0.25) is 0 Å². The second-order valence-corrected chi connectivity index (χ2v) is 5.67. The average Bonchev–Trinajstić information content (AvgIpc) is 2.35. The van der Waals surface area contributed by atoms with Crippen LogP contribution in [-0.4, -0.2) is 18.2 Å². The molecule has 100 valence electrons. The van der Waals surface area contributed by atoms with Crippen molar-refractivity contribution in [3.8, 4) is 5.75 Å². The number of benzene rings is 2. The summed E-state index contributed by atoms with van der Waals surface area (Å²) in [6.07, 6.45) is 0. The van der Waals surface area contributed by atoms with Crippen LogP contribution >= 0.6 is 0 Å². The maximum atomic E-state index is 11.6. The van der Waals surface area contributed by atoms with Crippen molar-refractivity contribution < 1.29 is 14.6 Å². The van der Waals surface area contributed by atoms with Crippen LogP contribution in [0.2, 0.25) is 0 Å². The number of phenolic OH excluding ortho intramolecular Hbond substituents is 1. The van der Waals surface area contributed by atoms with Crippen molar-refractivity contribution in [1.82, 2.24) is 0 Å². The van der Waals surface area contributed by atoms with Gasteiger partial charge in [0, 0.05) is 0 Å². The van der Waals surface area contributed by atoms with Gasteiger partial charge in [-0.25, -0.2) is 4.79 Å². The third-order valence-electron chi connectivity index (χ3n) is 3.23. The van der Waals surface area contributed by atoms with Crippen molar-refractivity contribution in [1.29, 1.82) is 0 Å². The molecule has 0 radical (unpaired) electrons. The Morgan fingerprint density at radius 1 is 1.11 bits per heavy atom. The molecule has 2 aromatic rings. The largest absolute Gasteiger partial charge is 0.507 e. The molecular formula is C16H18O3. The van der Waals surface area contributed by atoms with Gasteiger partial charge in [-0.1, -0.05) is 39.0 Å². The summed E-state index contributed by atoms with van der Waals surface area (Å²) in [6, 6.07) is 9.30. The van der Waals surface area contributed by atoms with Crippen molar-refractivity contribution in [3.05, 3.63) is 41.5 Å². The van der Waals surface area contributed by atoms with Crippen molar-refractivity contribution in [3.63, 3.8) is 0 Å². The minimum absolute atomic E-state index is 0.0392. The van der Waals surface area contributed by atoms with Crippen molar-refractivity contribution in [2.24, 2.45) is 0 Å². The Bertz CT molecular complexity index is 636. The first-order chi connectivity index (χ1) is 8.82. The Morgan fingerprint density at radius 3 is 2.37 bits per heavy atom. The van der Waals surface area contributed by atoms with Gasteiger partial charge in [0.15, 0.2) is 0 Å². The van der Waals surface area contributed by atoms with Gasteiger partial charge in [0.2, 0.25) is 0 Å². The Labute approximate surface area is 112 Å². The smallest absolute Gasteiger partial charge is 0.341 e. The maximum absolute atomic E-state index is 11.6. The van der Waals surface area contributed by atoms with Crippen LogP contribution in [0.15, 0.2) is 30.3 Å². The van der Waals surface area contributed by atoms with Crippen LogP contribution in [0.25, 0.3) is 10.8 Å². The van der Waals surface area contributed by atoms with Gasteiger partial charge >= 0.3 is 5.97 Å². The maximum Gasteiger partial charge on any atom is 0.341 e. The molecule has 0 spiro atoms. The van der Waals surface area contributed by atoms with Crippen molar-refractivity contribution in [2.45, 2.75) is 26.2 Å². The molecule has 2 aromatic carbocycles. The highest BCUT2D eigenvalue weighted by atomic mass is 16.5. The Hall–Kier alpha value is -2.03. The zero-order valence-corrected chi connectivity index (χ0v) is 11.7. The molecule has 0 bridgehead atoms. The van der Waals surface area contributed by atoms with Crippen LogP contribution in [0.1, 0.15) is 36.7 Å². The second kappa shape index (κ2) is 4.57. The van der Waals surface area contributed by atoms with Crippen LogP contribution in [0.3, 0.4) is 0 Å². The van der Waals surface area contributed by atoms with E-state index in [0.717, 1.165) is 10.8 Å². The molecular weight excluding hydrogens is 240 g/mol. The average molecular weight is 258 g/mol. The standard InChI is InChI=1S/C16H18O3/c1-16(2,3)12-6-5-10-9-14(17)13(15(18)19-4)8-11(10)7-12/h5-9,17H,1-4H3. The van der Waals surface area contributed by atoms with Gasteiger partial charge in [0.05, 0.1) is 7.11 Å². The summed E-state index contributed by atoms with van der Waals surface area (Å²) in [7, 11) is 1.30. The Kier molecular flexibility index (Phi) is 3.23. The zero-order chi connectivity index (χ0) is 14.2. The SMILES string of the molecule is COC(=O)c1cc2cc(C(C)(C)C)ccc2cc1O. The lowest BCUT2D eigenvalue weighted by molar-refractivity contribution is 0.0597. The fourth-order valence-corrected chi connectivity index (χ4v) is 2.03. The second-order valence-electron chi connectivity index (χ2n) is 5.67. The third kappa shape index (κ3) is 2.55. The third-order valence-corrected chi connectivity index (χ3v) is 3.23. The van der Waals surface area contributed by atoms with Crippen molar-refractivity contribution in [2.75, 3.05) is 7.11 Å². The molecule has 0 atom stereocenters. The van der Waals surface area contributed by atoms with Crippen LogP contribution in [0.5, 0.6) is 5.75 Å². The highest BCUT2D eigenvalue weighted by molar-refractivity contribution is 5.98. The molecule has 0 aliphatic heterocycles. The minimum atomic E-state index is -0.527. The summed E-state index contributed by atoms with van der Waals surface area (Å²) in [6.45, 7) is 6.40. The summed E-state index contributed by atoms with van der Waals surface area (Å²) in [5, 5.41) is 11.7. The highest BCUT2D eigenvalue weighted by Crippen LogP contribution is 2.30. The molecule has 3 heteroatoms. The number of hydrogen-bond acceptors (Lipinski definition) is 3. The molecule has 0 heterocycles. The summed E-state index contributed by atoms with van der Waals surface area (Å²) in [4.78, 5) is 11.6. The first-order valence-electron chi connectivity index (χ1n) is 6.18. The summed E-state index contributed by atoms with van der Waals surface area (Å²) in [5.74, 6) is -0.580. The van der Waals surface area contributed by atoms with E-state index in [2.05, 4.69) is 25.5 Å². The number of phenols is 1. The molecule has 2 rings (SSSR count). The normalized spacial score (nSPS) is 11.6. The van der Waals surface area contributed by atoms with Crippen LogP contribution in [0, 0.1) is 0 Å². The first kappa shape index (κ1) is 13.4. The van der Waals surface area contributed by atoms with E-state index in [0.29, 0.717) is 0 Å². The molecule has 1 N–H and O–H groups in total. The van der Waals surface area contributed by atoms with E-state index in [1.54, 1.807) is 12.1 Å². The fraction of sp³-hybridized carbons (Fsp3) is 0.312. The molecule has 19 heavy (non-hydrogen) atoms. The quantitative estimate of drug-likeness (QED) is 0.794.